The van der Waals surface area contributed by atoms with Crippen molar-refractivity contribution in [3.63, 3.8) is 0 Å². The largest absolute Gasteiger partial charge is 0.384 e. The van der Waals surface area contributed by atoms with E-state index in [1.54, 1.807) is 24.0 Å². The highest BCUT2D eigenvalue weighted by atomic mass is 16.6. The van der Waals surface area contributed by atoms with Crippen LogP contribution in [0.25, 0.3) is 0 Å². The molecule has 1 aromatic rings. The van der Waals surface area contributed by atoms with E-state index in [-0.39, 0.29) is 11.6 Å². The highest BCUT2D eigenvalue weighted by Gasteiger charge is 2.16. The average Bonchev–Trinajstić information content (AvgIpc) is 2.49. The van der Waals surface area contributed by atoms with Gasteiger partial charge in [0.1, 0.15) is 0 Å². The number of morpholine rings is 1. The van der Waals surface area contributed by atoms with Crippen LogP contribution >= 0.6 is 0 Å². The lowest BCUT2D eigenvalue weighted by Crippen LogP contribution is -2.41. The van der Waals surface area contributed by atoms with Gasteiger partial charge in [0, 0.05) is 43.4 Å². The van der Waals surface area contributed by atoms with Gasteiger partial charge in [-0.25, -0.2) is 0 Å². The molecule has 7 heteroatoms. The number of nitrogens with one attached hydrogen (secondary N) is 1. The molecule has 0 radical (unpaired) electrons. The molecule has 0 saturated carbocycles. The number of nitro benzene ring substituents is 1. The summed E-state index contributed by atoms with van der Waals surface area (Å²) >= 11 is 0. The van der Waals surface area contributed by atoms with Crippen molar-refractivity contribution in [2.24, 2.45) is 0 Å². The molecule has 0 spiro atoms. The number of aryl methyl sites for hydroxylation is 1. The molecule has 0 aliphatic carbocycles. The van der Waals surface area contributed by atoms with Crippen LogP contribution in [0.15, 0.2) is 18.2 Å². The number of rotatable bonds is 5. The molecule has 1 heterocycles. The number of ether oxygens (including phenoxy) is 1. The van der Waals surface area contributed by atoms with Gasteiger partial charge in [-0.1, -0.05) is 6.07 Å². The van der Waals surface area contributed by atoms with Crippen molar-refractivity contribution in [2.75, 3.05) is 38.2 Å². The number of hydrogen-bond acceptors (Lipinski definition) is 5. The Morgan fingerprint density at radius 1 is 1.43 bits per heavy atom. The van der Waals surface area contributed by atoms with Gasteiger partial charge >= 0.3 is 0 Å². The predicted molar refractivity (Wildman–Crippen MR) is 78.3 cm³/mol. The zero-order valence-corrected chi connectivity index (χ0v) is 12.0. The number of benzene rings is 1. The van der Waals surface area contributed by atoms with Gasteiger partial charge in [-0.3, -0.25) is 14.9 Å². The Labute approximate surface area is 123 Å². The topological polar surface area (TPSA) is 84.7 Å². The molecule has 0 aromatic heterocycles. The predicted octanol–water partition coefficient (Wildman–Crippen LogP) is 1.56. The molecule has 7 nitrogen and oxygen atoms in total. The fourth-order valence-electron chi connectivity index (χ4n) is 2.20. The summed E-state index contributed by atoms with van der Waals surface area (Å²) < 4.78 is 5.20. The first-order chi connectivity index (χ1) is 10.1. The fourth-order valence-corrected chi connectivity index (χ4v) is 2.20. The van der Waals surface area contributed by atoms with Crippen LogP contribution in [0.5, 0.6) is 0 Å². The third-order valence-electron chi connectivity index (χ3n) is 3.44. The molecule has 1 aliphatic heterocycles. The maximum atomic E-state index is 11.9. The zero-order valence-electron chi connectivity index (χ0n) is 12.0. The maximum Gasteiger partial charge on any atom is 0.274 e. The van der Waals surface area contributed by atoms with Crippen molar-refractivity contribution in [3.8, 4) is 0 Å². The fraction of sp³-hybridized carbons (Fsp3) is 0.500. The molecule has 1 aromatic carbocycles. The summed E-state index contributed by atoms with van der Waals surface area (Å²) in [4.78, 5) is 24.2. The van der Waals surface area contributed by atoms with Gasteiger partial charge in [0.25, 0.3) is 5.69 Å². The van der Waals surface area contributed by atoms with E-state index < -0.39 is 4.92 Å². The van der Waals surface area contributed by atoms with E-state index in [1.807, 2.05) is 0 Å². The number of nitro groups is 1. The Morgan fingerprint density at radius 2 is 2.14 bits per heavy atom. The van der Waals surface area contributed by atoms with Crippen molar-refractivity contribution in [1.82, 2.24) is 4.90 Å². The van der Waals surface area contributed by atoms with Crippen LogP contribution in [0.3, 0.4) is 0 Å². The van der Waals surface area contributed by atoms with Crippen molar-refractivity contribution in [2.45, 2.75) is 13.3 Å². The third kappa shape index (κ3) is 4.16. The first-order valence-electron chi connectivity index (χ1n) is 6.92. The van der Waals surface area contributed by atoms with Crippen LogP contribution in [-0.4, -0.2) is 48.6 Å². The number of anilines is 1. The zero-order chi connectivity index (χ0) is 15.2. The third-order valence-corrected chi connectivity index (χ3v) is 3.44. The Balaban J connectivity index is 1.84. The van der Waals surface area contributed by atoms with E-state index in [4.69, 9.17) is 4.74 Å². The molecule has 1 N–H and O–H groups in total. The Bertz CT molecular complexity index is 527. The molecule has 0 bridgehead atoms. The highest BCUT2D eigenvalue weighted by Crippen LogP contribution is 2.22. The lowest BCUT2D eigenvalue weighted by Gasteiger charge is -2.26. The minimum atomic E-state index is -0.403. The van der Waals surface area contributed by atoms with Crippen LogP contribution in [0.1, 0.15) is 12.0 Å². The Hall–Kier alpha value is -2.15. The monoisotopic (exact) mass is 293 g/mol. The second kappa shape index (κ2) is 7.03. The van der Waals surface area contributed by atoms with Gasteiger partial charge in [-0.15, -0.1) is 0 Å². The molecular weight excluding hydrogens is 274 g/mol. The standard InChI is InChI=1S/C14H19N3O4/c1-11-2-3-12(10-13(11)17(19)20)15-5-4-14(18)16-6-8-21-9-7-16/h2-3,10,15H,4-9H2,1H3. The quantitative estimate of drug-likeness (QED) is 0.658. The minimum absolute atomic E-state index is 0.0763. The lowest BCUT2D eigenvalue weighted by atomic mass is 10.2. The smallest absolute Gasteiger partial charge is 0.274 e. The molecule has 1 fully saturated rings. The van der Waals surface area contributed by atoms with Gasteiger partial charge in [-0.2, -0.15) is 0 Å². The SMILES string of the molecule is Cc1ccc(NCCC(=O)N2CCOCC2)cc1[N+](=O)[O-]. The average molecular weight is 293 g/mol. The molecule has 1 amide bonds. The van der Waals surface area contributed by atoms with Crippen LogP contribution in [0, 0.1) is 17.0 Å². The van der Waals surface area contributed by atoms with Crippen molar-refractivity contribution in [1.29, 1.82) is 0 Å². The van der Waals surface area contributed by atoms with Gasteiger partial charge in [0.2, 0.25) is 5.91 Å². The van der Waals surface area contributed by atoms with Crippen LogP contribution in [-0.2, 0) is 9.53 Å². The lowest BCUT2D eigenvalue weighted by molar-refractivity contribution is -0.385. The molecule has 1 saturated heterocycles. The highest BCUT2D eigenvalue weighted by molar-refractivity contribution is 5.76. The van der Waals surface area contributed by atoms with E-state index in [0.29, 0.717) is 50.5 Å². The summed E-state index contributed by atoms with van der Waals surface area (Å²) in [6, 6.07) is 4.97. The summed E-state index contributed by atoms with van der Waals surface area (Å²) in [5.74, 6) is 0.0763. The summed E-state index contributed by atoms with van der Waals surface area (Å²) in [6.07, 6.45) is 0.363. The minimum Gasteiger partial charge on any atom is -0.384 e. The summed E-state index contributed by atoms with van der Waals surface area (Å²) in [6.45, 7) is 4.59. The maximum absolute atomic E-state index is 11.9. The van der Waals surface area contributed by atoms with Gasteiger partial charge < -0.3 is 15.0 Å². The van der Waals surface area contributed by atoms with Crippen molar-refractivity contribution < 1.29 is 14.5 Å². The van der Waals surface area contributed by atoms with Gasteiger partial charge in [-0.05, 0) is 13.0 Å². The molecular formula is C14H19N3O4. The van der Waals surface area contributed by atoms with E-state index >= 15 is 0 Å². The molecule has 1 aliphatic rings. The van der Waals surface area contributed by atoms with Crippen LogP contribution in [0.2, 0.25) is 0 Å². The molecule has 2 rings (SSSR count). The first-order valence-corrected chi connectivity index (χ1v) is 6.92. The molecule has 114 valence electrons. The van der Waals surface area contributed by atoms with Gasteiger partial charge in [0.05, 0.1) is 18.1 Å². The van der Waals surface area contributed by atoms with E-state index in [1.165, 1.54) is 6.07 Å². The van der Waals surface area contributed by atoms with Crippen LogP contribution in [0.4, 0.5) is 11.4 Å². The van der Waals surface area contributed by atoms with E-state index in [2.05, 4.69) is 5.32 Å². The normalized spacial score (nSPS) is 14.8. The summed E-state index contributed by atoms with van der Waals surface area (Å²) in [7, 11) is 0. The van der Waals surface area contributed by atoms with Crippen molar-refractivity contribution in [3.05, 3.63) is 33.9 Å². The summed E-state index contributed by atoms with van der Waals surface area (Å²) in [5.41, 5.74) is 1.36. The number of carbonyl (C=O) groups excluding carboxylic acids is 1. The second-order valence-electron chi connectivity index (χ2n) is 4.93. The van der Waals surface area contributed by atoms with Gasteiger partial charge in [0.15, 0.2) is 0 Å². The molecule has 21 heavy (non-hydrogen) atoms. The number of nitrogens with zero attached hydrogens (tertiary/aromatic N) is 2. The molecule has 0 unspecified atom stereocenters. The van der Waals surface area contributed by atoms with Crippen molar-refractivity contribution >= 4 is 17.3 Å². The summed E-state index contributed by atoms with van der Waals surface area (Å²) in [5, 5.41) is 13.9. The van der Waals surface area contributed by atoms with E-state index in [9.17, 15) is 14.9 Å². The Morgan fingerprint density at radius 3 is 2.81 bits per heavy atom. The van der Waals surface area contributed by atoms with E-state index in [0.717, 1.165) is 0 Å². The number of hydrogen-bond donors (Lipinski definition) is 1. The Kier molecular flexibility index (Phi) is 5.10. The number of amides is 1. The molecule has 0 atom stereocenters. The second-order valence-corrected chi connectivity index (χ2v) is 4.93. The number of carbonyl (C=O) groups is 1. The first kappa shape index (κ1) is 15.2. The van der Waals surface area contributed by atoms with Crippen LogP contribution < -0.4 is 5.32 Å².